The Morgan fingerprint density at radius 1 is 1.07 bits per heavy atom. The summed E-state index contributed by atoms with van der Waals surface area (Å²) in [6.07, 6.45) is 13.7. The Kier molecular flexibility index (Phi) is 5.41. The SMILES string of the molecule is CCC(CC)N(C=O)[N+]1(C)C(=O)CC[C@@]2(C)[C@H]1CC[C@H]1[C@@H]3CCC[C@@]3(C)CC[C@@H]12. The molecular formula is C25H43N2O2+. The molecule has 0 aromatic carbocycles. The van der Waals surface area contributed by atoms with Crippen molar-refractivity contribution in [3.05, 3.63) is 0 Å². The zero-order valence-electron chi connectivity index (χ0n) is 19.5. The minimum atomic E-state index is 0.144. The zero-order chi connectivity index (χ0) is 21.0. The van der Waals surface area contributed by atoms with Gasteiger partial charge < -0.3 is 0 Å². The van der Waals surface area contributed by atoms with Crippen LogP contribution in [0.3, 0.4) is 0 Å². The molecule has 164 valence electrons. The van der Waals surface area contributed by atoms with Crippen LogP contribution in [0.15, 0.2) is 0 Å². The average Bonchev–Trinajstić information content (AvgIpc) is 3.11. The van der Waals surface area contributed by atoms with Gasteiger partial charge in [-0.2, -0.15) is 9.60 Å². The van der Waals surface area contributed by atoms with Crippen LogP contribution in [0.2, 0.25) is 0 Å². The van der Waals surface area contributed by atoms with Crippen LogP contribution in [0.4, 0.5) is 0 Å². The van der Waals surface area contributed by atoms with Crippen molar-refractivity contribution in [2.75, 3.05) is 7.05 Å². The number of piperidine rings is 1. The van der Waals surface area contributed by atoms with Gasteiger partial charge >= 0.3 is 5.91 Å². The van der Waals surface area contributed by atoms with E-state index in [1.165, 1.54) is 38.5 Å². The molecule has 29 heavy (non-hydrogen) atoms. The van der Waals surface area contributed by atoms with Crippen LogP contribution in [0.25, 0.3) is 0 Å². The van der Waals surface area contributed by atoms with E-state index in [0.29, 0.717) is 11.8 Å². The number of amides is 2. The molecule has 2 amide bonds. The lowest BCUT2D eigenvalue weighted by Gasteiger charge is -2.63. The van der Waals surface area contributed by atoms with Crippen LogP contribution in [-0.4, -0.2) is 41.0 Å². The highest BCUT2D eigenvalue weighted by atomic mass is 16.2. The third kappa shape index (κ3) is 2.87. The fourth-order valence-corrected chi connectivity index (χ4v) is 8.86. The molecule has 1 saturated heterocycles. The Hall–Kier alpha value is -0.900. The topological polar surface area (TPSA) is 37.4 Å². The Labute approximate surface area is 177 Å². The lowest BCUT2D eigenvalue weighted by atomic mass is 9.47. The first-order valence-corrected chi connectivity index (χ1v) is 12.4. The summed E-state index contributed by atoms with van der Waals surface area (Å²) in [6, 6.07) is 0.396. The molecule has 4 rings (SSSR count). The standard InChI is InChI=1S/C25H43N2O2/c1-6-18(7-2)26(17-28)27(5)22-11-10-19-20-9-8-14-24(20,3)15-12-21(19)25(22,4)16-13-23(27)29/h17-22H,6-16H2,1-5H3/q+1/t19-,20-,21-,22+,24-,25+,27?/m0/s1. The van der Waals surface area contributed by atoms with Gasteiger partial charge in [0.15, 0.2) is 0 Å². The second-order valence-electron chi connectivity index (χ2n) is 11.4. The Morgan fingerprint density at radius 2 is 1.79 bits per heavy atom. The van der Waals surface area contributed by atoms with Crippen LogP contribution in [0.5, 0.6) is 0 Å². The normalized spacial score (nSPS) is 46.8. The van der Waals surface area contributed by atoms with Crippen molar-refractivity contribution in [2.45, 2.75) is 110 Å². The van der Waals surface area contributed by atoms with Crippen LogP contribution in [0, 0.1) is 28.6 Å². The smallest absolute Gasteiger partial charge is 0.273 e. The number of carbonyl (C=O) groups excluding carboxylic acids is 2. The number of hydrogen-bond donors (Lipinski definition) is 0. The maximum absolute atomic E-state index is 13.4. The van der Waals surface area contributed by atoms with Gasteiger partial charge in [0.25, 0.3) is 6.41 Å². The monoisotopic (exact) mass is 403 g/mol. The molecule has 0 spiro atoms. The van der Waals surface area contributed by atoms with Gasteiger partial charge in [0.2, 0.25) is 0 Å². The van der Waals surface area contributed by atoms with Crippen molar-refractivity contribution in [3.8, 4) is 0 Å². The summed E-state index contributed by atoms with van der Waals surface area (Å²) in [4.78, 5) is 25.7. The number of rotatable bonds is 5. The van der Waals surface area contributed by atoms with Gasteiger partial charge in [-0.05, 0) is 74.5 Å². The summed E-state index contributed by atoms with van der Waals surface area (Å²) in [5.41, 5.74) is 0.736. The molecule has 4 heteroatoms. The van der Waals surface area contributed by atoms with Gasteiger partial charge in [0.05, 0.1) is 19.5 Å². The molecule has 4 fully saturated rings. The van der Waals surface area contributed by atoms with Crippen LogP contribution >= 0.6 is 0 Å². The third-order valence-corrected chi connectivity index (χ3v) is 10.5. The van der Waals surface area contributed by atoms with E-state index >= 15 is 0 Å². The molecule has 4 aliphatic rings. The lowest BCUT2D eigenvalue weighted by molar-refractivity contribution is -0.975. The number of nitrogens with zero attached hydrogens (tertiary/aromatic N) is 2. The number of carbonyl (C=O) groups is 2. The number of quaternary nitrogens is 1. The second kappa shape index (κ2) is 7.35. The molecule has 3 saturated carbocycles. The molecule has 4 nitrogen and oxygen atoms in total. The van der Waals surface area contributed by atoms with Crippen molar-refractivity contribution < 1.29 is 14.2 Å². The first-order chi connectivity index (χ1) is 13.8. The maximum Gasteiger partial charge on any atom is 0.338 e. The third-order valence-electron chi connectivity index (χ3n) is 10.5. The number of fused-ring (bicyclic) bond motifs is 5. The van der Waals surface area contributed by atoms with E-state index in [9.17, 15) is 9.59 Å². The first-order valence-electron chi connectivity index (χ1n) is 12.4. The Balaban J connectivity index is 1.71. The summed E-state index contributed by atoms with van der Waals surface area (Å²) < 4.78 is 0.234. The predicted octanol–water partition coefficient (Wildman–Crippen LogP) is 5.32. The van der Waals surface area contributed by atoms with E-state index in [2.05, 4.69) is 34.7 Å². The molecule has 3 aliphatic carbocycles. The van der Waals surface area contributed by atoms with Gasteiger partial charge in [-0.25, -0.2) is 4.79 Å². The average molecular weight is 404 g/mol. The number of likely N-dealkylation sites (tertiary alicyclic amines) is 1. The van der Waals surface area contributed by atoms with Crippen molar-refractivity contribution in [3.63, 3.8) is 0 Å². The van der Waals surface area contributed by atoms with Gasteiger partial charge in [0, 0.05) is 11.8 Å². The highest BCUT2D eigenvalue weighted by Gasteiger charge is 2.66. The minimum absolute atomic E-state index is 0.144. The summed E-state index contributed by atoms with van der Waals surface area (Å²) >= 11 is 0. The van der Waals surface area contributed by atoms with E-state index < -0.39 is 0 Å². The first kappa shape index (κ1) is 21.3. The fraction of sp³-hybridized carbons (Fsp3) is 0.920. The van der Waals surface area contributed by atoms with Gasteiger partial charge in [-0.15, -0.1) is 0 Å². The van der Waals surface area contributed by atoms with E-state index in [1.54, 1.807) is 0 Å². The molecule has 0 aromatic rings. The van der Waals surface area contributed by atoms with E-state index in [1.807, 2.05) is 5.01 Å². The van der Waals surface area contributed by atoms with E-state index in [0.717, 1.165) is 49.8 Å². The van der Waals surface area contributed by atoms with Crippen LogP contribution in [0.1, 0.15) is 98.3 Å². The molecule has 0 radical (unpaired) electrons. The molecule has 1 unspecified atom stereocenters. The zero-order valence-corrected chi connectivity index (χ0v) is 19.5. The lowest BCUT2D eigenvalue weighted by Crippen LogP contribution is -2.75. The fourth-order valence-electron chi connectivity index (χ4n) is 8.86. The molecule has 0 N–H and O–H groups in total. The van der Waals surface area contributed by atoms with Crippen molar-refractivity contribution >= 4 is 12.3 Å². The minimum Gasteiger partial charge on any atom is -0.273 e. The molecule has 0 aromatic heterocycles. The number of hydrogen-bond acceptors (Lipinski definition) is 2. The molecule has 0 bridgehead atoms. The van der Waals surface area contributed by atoms with Crippen LogP contribution in [-0.2, 0) is 9.59 Å². The summed E-state index contributed by atoms with van der Waals surface area (Å²) in [5, 5.41) is 1.91. The Bertz CT molecular complexity index is 661. The van der Waals surface area contributed by atoms with Crippen molar-refractivity contribution in [1.29, 1.82) is 0 Å². The van der Waals surface area contributed by atoms with Gasteiger partial charge in [-0.3, -0.25) is 4.79 Å². The molecular weight excluding hydrogens is 360 g/mol. The summed E-state index contributed by atoms with van der Waals surface area (Å²) in [7, 11) is 2.07. The van der Waals surface area contributed by atoms with Crippen molar-refractivity contribution in [2.24, 2.45) is 28.6 Å². The second-order valence-corrected chi connectivity index (χ2v) is 11.4. The highest BCUT2D eigenvalue weighted by molar-refractivity contribution is 5.71. The van der Waals surface area contributed by atoms with E-state index in [4.69, 9.17) is 0 Å². The highest BCUT2D eigenvalue weighted by Crippen LogP contribution is 2.65. The quantitative estimate of drug-likeness (QED) is 0.460. The predicted molar refractivity (Wildman–Crippen MR) is 115 cm³/mol. The summed E-state index contributed by atoms with van der Waals surface area (Å²) in [6.45, 7) is 9.33. The maximum atomic E-state index is 13.4. The molecule has 1 aliphatic heterocycles. The van der Waals surface area contributed by atoms with Gasteiger partial charge in [-0.1, -0.05) is 34.1 Å². The largest absolute Gasteiger partial charge is 0.338 e. The Morgan fingerprint density at radius 3 is 2.45 bits per heavy atom. The molecule has 7 atom stereocenters. The molecule has 1 heterocycles. The van der Waals surface area contributed by atoms with E-state index in [-0.39, 0.29) is 28.0 Å². The van der Waals surface area contributed by atoms with Gasteiger partial charge in [0.1, 0.15) is 6.04 Å². The van der Waals surface area contributed by atoms with Crippen LogP contribution < -0.4 is 0 Å². The van der Waals surface area contributed by atoms with Crippen molar-refractivity contribution in [1.82, 2.24) is 5.01 Å². The summed E-state index contributed by atoms with van der Waals surface area (Å²) in [5.74, 6) is 2.69.